The monoisotopic (exact) mass is 352 g/mol. The molecule has 5 nitrogen and oxygen atoms in total. The first-order valence-electron chi connectivity index (χ1n) is 6.77. The number of carbonyl (C=O) groups is 1. The van der Waals surface area contributed by atoms with E-state index in [0.29, 0.717) is 5.69 Å². The third-order valence-electron chi connectivity index (χ3n) is 3.25. The van der Waals surface area contributed by atoms with Gasteiger partial charge in [0, 0.05) is 31.7 Å². The van der Waals surface area contributed by atoms with Gasteiger partial charge < -0.3 is 10.2 Å². The lowest BCUT2D eigenvalue weighted by Gasteiger charge is -2.13. The van der Waals surface area contributed by atoms with Crippen molar-refractivity contribution < 1.29 is 13.2 Å². The zero-order chi connectivity index (χ0) is 17.2. The van der Waals surface area contributed by atoms with E-state index in [1.807, 2.05) is 31.1 Å². The number of amides is 1. The van der Waals surface area contributed by atoms with Crippen molar-refractivity contribution in [2.24, 2.45) is 0 Å². The van der Waals surface area contributed by atoms with Crippen LogP contribution in [-0.4, -0.2) is 34.7 Å². The molecule has 1 N–H and O–H groups in total. The quantitative estimate of drug-likeness (QED) is 0.918. The van der Waals surface area contributed by atoms with Gasteiger partial charge in [-0.3, -0.25) is 4.79 Å². The van der Waals surface area contributed by atoms with Crippen molar-refractivity contribution in [3.63, 3.8) is 0 Å². The molecule has 0 aliphatic carbocycles. The molecule has 0 heterocycles. The van der Waals surface area contributed by atoms with Crippen LogP contribution in [0.1, 0.15) is 10.4 Å². The molecular formula is C16H17ClN2O3S. The highest BCUT2D eigenvalue weighted by molar-refractivity contribution is 7.90. The number of nitrogens with one attached hydrogen (secondary N) is 1. The molecule has 0 radical (unpaired) electrons. The van der Waals surface area contributed by atoms with Gasteiger partial charge in [0.2, 0.25) is 0 Å². The number of anilines is 2. The third kappa shape index (κ3) is 4.24. The van der Waals surface area contributed by atoms with E-state index in [-0.39, 0.29) is 15.5 Å². The molecule has 23 heavy (non-hydrogen) atoms. The van der Waals surface area contributed by atoms with E-state index < -0.39 is 15.7 Å². The summed E-state index contributed by atoms with van der Waals surface area (Å²) in [7, 11) is 0.494. The molecule has 0 aromatic heterocycles. The van der Waals surface area contributed by atoms with Gasteiger partial charge in [-0.25, -0.2) is 8.42 Å². The second-order valence-electron chi connectivity index (χ2n) is 5.31. The fourth-order valence-corrected chi connectivity index (χ4v) is 2.93. The Kier molecular flexibility index (Phi) is 4.97. The average Bonchev–Trinajstić information content (AvgIpc) is 2.46. The normalized spacial score (nSPS) is 11.1. The second-order valence-corrected chi connectivity index (χ2v) is 7.73. The Hall–Kier alpha value is -2.05. The van der Waals surface area contributed by atoms with Crippen molar-refractivity contribution in [3.05, 3.63) is 53.1 Å². The molecule has 0 aliphatic heterocycles. The van der Waals surface area contributed by atoms with Crippen LogP contribution in [0.3, 0.4) is 0 Å². The predicted octanol–water partition coefficient (Wildman–Crippen LogP) is 3.06. The highest BCUT2D eigenvalue weighted by atomic mass is 35.5. The van der Waals surface area contributed by atoms with E-state index in [4.69, 9.17) is 11.6 Å². The van der Waals surface area contributed by atoms with Crippen LogP contribution in [0.25, 0.3) is 0 Å². The first kappa shape index (κ1) is 17.3. The number of sulfone groups is 1. The molecule has 0 saturated heterocycles. The van der Waals surface area contributed by atoms with E-state index in [0.717, 1.165) is 11.9 Å². The van der Waals surface area contributed by atoms with Gasteiger partial charge >= 0.3 is 0 Å². The number of carbonyl (C=O) groups excluding carboxylic acids is 1. The Morgan fingerprint density at radius 3 is 2.17 bits per heavy atom. The van der Waals surface area contributed by atoms with E-state index in [2.05, 4.69) is 5.32 Å². The average molecular weight is 353 g/mol. The highest BCUT2D eigenvalue weighted by Gasteiger charge is 2.15. The Bertz CT molecular complexity index is 831. The van der Waals surface area contributed by atoms with Gasteiger partial charge in [-0.15, -0.1) is 0 Å². The number of benzene rings is 2. The van der Waals surface area contributed by atoms with Crippen LogP contribution in [0, 0.1) is 0 Å². The van der Waals surface area contributed by atoms with Crippen molar-refractivity contribution in [1.29, 1.82) is 0 Å². The topological polar surface area (TPSA) is 66.5 Å². The molecule has 0 bridgehead atoms. The van der Waals surface area contributed by atoms with Gasteiger partial charge in [0.15, 0.2) is 9.84 Å². The van der Waals surface area contributed by atoms with Crippen LogP contribution in [-0.2, 0) is 9.84 Å². The van der Waals surface area contributed by atoms with Crippen LogP contribution in [0.15, 0.2) is 47.4 Å². The van der Waals surface area contributed by atoms with Crippen molar-refractivity contribution in [2.75, 3.05) is 30.6 Å². The van der Waals surface area contributed by atoms with Crippen molar-refractivity contribution in [1.82, 2.24) is 0 Å². The lowest BCUT2D eigenvalue weighted by Crippen LogP contribution is -2.13. The van der Waals surface area contributed by atoms with Crippen LogP contribution in [0.2, 0.25) is 5.02 Å². The summed E-state index contributed by atoms with van der Waals surface area (Å²) in [5.41, 5.74) is 1.86. The first-order valence-corrected chi connectivity index (χ1v) is 9.04. The second kappa shape index (κ2) is 6.60. The number of nitrogens with zero attached hydrogens (tertiary/aromatic N) is 1. The molecule has 0 saturated carbocycles. The van der Waals surface area contributed by atoms with Crippen LogP contribution in [0.4, 0.5) is 11.4 Å². The Labute approximate surface area is 140 Å². The van der Waals surface area contributed by atoms with Gasteiger partial charge in [0.1, 0.15) is 0 Å². The molecule has 2 rings (SSSR count). The number of rotatable bonds is 4. The summed E-state index contributed by atoms with van der Waals surface area (Å²) in [5.74, 6) is -0.396. The maximum Gasteiger partial charge on any atom is 0.257 e. The molecule has 0 fully saturated rings. The van der Waals surface area contributed by atoms with E-state index in [9.17, 15) is 13.2 Å². The molecule has 2 aromatic rings. The summed E-state index contributed by atoms with van der Waals surface area (Å²) in [6.45, 7) is 0. The van der Waals surface area contributed by atoms with Gasteiger partial charge in [0.25, 0.3) is 5.91 Å². The lowest BCUT2D eigenvalue weighted by molar-refractivity contribution is 0.102. The predicted molar refractivity (Wildman–Crippen MR) is 93.3 cm³/mol. The molecule has 1 amide bonds. The lowest BCUT2D eigenvalue weighted by atomic mass is 10.2. The highest BCUT2D eigenvalue weighted by Crippen LogP contribution is 2.23. The van der Waals surface area contributed by atoms with E-state index >= 15 is 0 Å². The van der Waals surface area contributed by atoms with Crippen molar-refractivity contribution >= 4 is 38.7 Å². The molecule has 0 spiro atoms. The molecular weight excluding hydrogens is 336 g/mol. The first-order chi connectivity index (χ1) is 10.7. The van der Waals surface area contributed by atoms with Crippen LogP contribution >= 0.6 is 11.6 Å². The van der Waals surface area contributed by atoms with Gasteiger partial charge in [-0.1, -0.05) is 11.6 Å². The molecule has 0 atom stereocenters. The summed E-state index contributed by atoms with van der Waals surface area (Å²) in [6.07, 6.45) is 1.09. The van der Waals surface area contributed by atoms with E-state index in [1.54, 1.807) is 12.1 Å². The largest absolute Gasteiger partial charge is 0.378 e. The molecule has 0 unspecified atom stereocenters. The number of halogens is 1. The van der Waals surface area contributed by atoms with Crippen LogP contribution in [0.5, 0.6) is 0 Å². The van der Waals surface area contributed by atoms with Crippen molar-refractivity contribution in [3.8, 4) is 0 Å². The Morgan fingerprint density at radius 1 is 1.09 bits per heavy atom. The zero-order valence-electron chi connectivity index (χ0n) is 13.0. The smallest absolute Gasteiger partial charge is 0.257 e. The minimum atomic E-state index is -3.36. The maximum atomic E-state index is 12.3. The summed E-state index contributed by atoms with van der Waals surface area (Å²) >= 11 is 6.03. The fourth-order valence-electron chi connectivity index (χ4n) is 1.95. The number of hydrogen-bond acceptors (Lipinski definition) is 4. The standard InChI is InChI=1S/C16H17ClN2O3S/c1-19(2)12-6-4-11(5-7-12)18-16(20)14-9-8-13(10-15(14)17)23(3,21)22/h4-10H,1-3H3,(H,18,20). The summed E-state index contributed by atoms with van der Waals surface area (Å²) in [6, 6.07) is 11.4. The maximum absolute atomic E-state index is 12.3. The summed E-state index contributed by atoms with van der Waals surface area (Å²) in [5, 5.41) is 2.82. The van der Waals surface area contributed by atoms with Gasteiger partial charge in [0.05, 0.1) is 15.5 Å². The summed E-state index contributed by atoms with van der Waals surface area (Å²) in [4.78, 5) is 14.3. The Balaban J connectivity index is 2.21. The molecule has 2 aromatic carbocycles. The molecule has 0 aliphatic rings. The SMILES string of the molecule is CN(C)c1ccc(NC(=O)c2ccc(S(C)(=O)=O)cc2Cl)cc1. The molecule has 7 heteroatoms. The van der Waals surface area contributed by atoms with E-state index in [1.165, 1.54) is 18.2 Å². The Morgan fingerprint density at radius 2 is 1.70 bits per heavy atom. The number of hydrogen-bond donors (Lipinski definition) is 1. The molecule has 122 valence electrons. The summed E-state index contributed by atoms with van der Waals surface area (Å²) < 4.78 is 23.0. The van der Waals surface area contributed by atoms with Crippen molar-refractivity contribution in [2.45, 2.75) is 4.90 Å². The van der Waals surface area contributed by atoms with Crippen LogP contribution < -0.4 is 10.2 Å². The fraction of sp³-hybridized carbons (Fsp3) is 0.188. The van der Waals surface area contributed by atoms with Gasteiger partial charge in [-0.05, 0) is 42.5 Å². The minimum Gasteiger partial charge on any atom is -0.378 e. The van der Waals surface area contributed by atoms with Gasteiger partial charge in [-0.2, -0.15) is 0 Å². The third-order valence-corrected chi connectivity index (χ3v) is 4.68. The zero-order valence-corrected chi connectivity index (χ0v) is 14.6. The minimum absolute atomic E-state index is 0.0781.